The van der Waals surface area contributed by atoms with Crippen molar-refractivity contribution in [2.24, 2.45) is 0 Å². The molecule has 0 heterocycles. The van der Waals surface area contributed by atoms with Gasteiger partial charge in [0, 0.05) is 6.04 Å². The molecule has 100 valence electrons. The molecule has 1 aromatic carbocycles. The Morgan fingerprint density at radius 1 is 1.39 bits per heavy atom. The van der Waals surface area contributed by atoms with Crippen LogP contribution in [-0.2, 0) is 4.79 Å². The van der Waals surface area contributed by atoms with Crippen LogP contribution in [0.2, 0.25) is 0 Å². The minimum atomic E-state index is -0.498. The number of rotatable bonds is 5. The topological polar surface area (TPSA) is 58.6 Å². The summed E-state index contributed by atoms with van der Waals surface area (Å²) in [6.07, 6.45) is -0.498. The number of aliphatic hydroxyl groups excluding tert-OH is 1. The van der Waals surface area contributed by atoms with Gasteiger partial charge in [0.25, 0.3) is 5.91 Å². The quantitative estimate of drug-likeness (QED) is 0.841. The molecule has 0 bridgehead atoms. The molecular formula is C14H21NO3. The molecule has 0 spiro atoms. The van der Waals surface area contributed by atoms with E-state index in [0.29, 0.717) is 5.75 Å². The molecule has 2 N–H and O–H groups in total. The number of hydrogen-bond donors (Lipinski definition) is 2. The maximum Gasteiger partial charge on any atom is 0.258 e. The number of carbonyl (C=O) groups excluding carboxylic acids is 1. The molecule has 1 rings (SSSR count). The Labute approximate surface area is 108 Å². The summed E-state index contributed by atoms with van der Waals surface area (Å²) in [6, 6.07) is 5.55. The van der Waals surface area contributed by atoms with Crippen LogP contribution in [-0.4, -0.2) is 23.7 Å². The van der Waals surface area contributed by atoms with Crippen molar-refractivity contribution in [2.45, 2.75) is 39.8 Å². The first-order valence-electron chi connectivity index (χ1n) is 6.11. The third-order valence-corrected chi connectivity index (χ3v) is 2.49. The van der Waals surface area contributed by atoms with E-state index in [4.69, 9.17) is 4.74 Å². The van der Waals surface area contributed by atoms with Gasteiger partial charge in [0.15, 0.2) is 6.61 Å². The van der Waals surface area contributed by atoms with Gasteiger partial charge >= 0.3 is 0 Å². The molecule has 0 fully saturated rings. The summed E-state index contributed by atoms with van der Waals surface area (Å²) >= 11 is 0. The first-order valence-corrected chi connectivity index (χ1v) is 6.11. The summed E-state index contributed by atoms with van der Waals surface area (Å²) in [5.74, 6) is 0.530. The van der Waals surface area contributed by atoms with E-state index in [0.717, 1.165) is 11.1 Å². The van der Waals surface area contributed by atoms with E-state index >= 15 is 0 Å². The highest BCUT2D eigenvalue weighted by molar-refractivity contribution is 5.77. The zero-order valence-corrected chi connectivity index (χ0v) is 11.4. The molecule has 0 aliphatic rings. The van der Waals surface area contributed by atoms with Crippen LogP contribution in [0.5, 0.6) is 5.75 Å². The Balaban J connectivity index is 2.60. The Morgan fingerprint density at radius 3 is 2.56 bits per heavy atom. The molecule has 0 aliphatic heterocycles. The van der Waals surface area contributed by atoms with Crippen LogP contribution in [0.4, 0.5) is 0 Å². The zero-order chi connectivity index (χ0) is 13.7. The third kappa shape index (κ3) is 4.37. The molecule has 1 aromatic rings. The van der Waals surface area contributed by atoms with Gasteiger partial charge in [-0.3, -0.25) is 4.79 Å². The van der Waals surface area contributed by atoms with Crippen LogP contribution in [0.3, 0.4) is 0 Å². The molecule has 18 heavy (non-hydrogen) atoms. The highest BCUT2D eigenvalue weighted by Gasteiger charge is 2.08. The van der Waals surface area contributed by atoms with E-state index < -0.39 is 6.10 Å². The number of amides is 1. The van der Waals surface area contributed by atoms with Gasteiger partial charge in [-0.2, -0.15) is 0 Å². The van der Waals surface area contributed by atoms with Crippen molar-refractivity contribution in [3.05, 3.63) is 29.3 Å². The van der Waals surface area contributed by atoms with Gasteiger partial charge in [-0.05, 0) is 51.0 Å². The van der Waals surface area contributed by atoms with E-state index in [1.807, 2.05) is 26.8 Å². The average Bonchev–Trinajstić information content (AvgIpc) is 2.26. The summed E-state index contributed by atoms with van der Waals surface area (Å²) in [6.45, 7) is 7.42. The van der Waals surface area contributed by atoms with Gasteiger partial charge < -0.3 is 15.2 Å². The van der Waals surface area contributed by atoms with Gasteiger partial charge in [-0.1, -0.05) is 6.07 Å². The first kappa shape index (κ1) is 14.5. The summed E-state index contributed by atoms with van der Waals surface area (Å²) in [5.41, 5.74) is 1.75. The number of benzene rings is 1. The van der Waals surface area contributed by atoms with Crippen molar-refractivity contribution in [2.75, 3.05) is 6.61 Å². The maximum atomic E-state index is 11.4. The van der Waals surface area contributed by atoms with E-state index in [-0.39, 0.29) is 18.6 Å². The SMILES string of the molecule is Cc1cc(C(C)O)ccc1OCC(=O)NC(C)C. The molecule has 1 atom stereocenters. The fourth-order valence-corrected chi connectivity index (χ4v) is 1.60. The average molecular weight is 251 g/mol. The van der Waals surface area contributed by atoms with Crippen molar-refractivity contribution in [3.63, 3.8) is 0 Å². The van der Waals surface area contributed by atoms with E-state index in [2.05, 4.69) is 5.32 Å². The molecular weight excluding hydrogens is 230 g/mol. The van der Waals surface area contributed by atoms with Crippen LogP contribution >= 0.6 is 0 Å². The number of hydrogen-bond acceptors (Lipinski definition) is 3. The lowest BCUT2D eigenvalue weighted by molar-refractivity contribution is -0.123. The highest BCUT2D eigenvalue weighted by atomic mass is 16.5. The van der Waals surface area contributed by atoms with Crippen molar-refractivity contribution in [1.82, 2.24) is 5.32 Å². The van der Waals surface area contributed by atoms with Crippen molar-refractivity contribution < 1.29 is 14.6 Å². The second-order valence-corrected chi connectivity index (χ2v) is 4.71. The van der Waals surface area contributed by atoms with Crippen molar-refractivity contribution in [3.8, 4) is 5.75 Å². The van der Waals surface area contributed by atoms with Crippen molar-refractivity contribution in [1.29, 1.82) is 0 Å². The van der Waals surface area contributed by atoms with Gasteiger partial charge in [0.05, 0.1) is 6.10 Å². The molecule has 0 saturated carbocycles. The summed E-state index contributed by atoms with van der Waals surface area (Å²) in [5, 5.41) is 12.2. The first-order chi connectivity index (χ1) is 8.40. The number of nitrogens with one attached hydrogen (secondary N) is 1. The number of aliphatic hydroxyl groups is 1. The molecule has 4 heteroatoms. The Bertz CT molecular complexity index is 414. The molecule has 1 unspecified atom stereocenters. The zero-order valence-electron chi connectivity index (χ0n) is 11.4. The Kier molecular flexibility index (Phi) is 5.16. The number of carbonyl (C=O) groups is 1. The van der Waals surface area contributed by atoms with Crippen LogP contribution in [0.1, 0.15) is 38.0 Å². The predicted octanol–water partition coefficient (Wildman–Crippen LogP) is 1.95. The second-order valence-electron chi connectivity index (χ2n) is 4.71. The normalized spacial score (nSPS) is 12.3. The Morgan fingerprint density at radius 2 is 2.06 bits per heavy atom. The maximum absolute atomic E-state index is 11.4. The lowest BCUT2D eigenvalue weighted by atomic mass is 10.1. The second kappa shape index (κ2) is 6.40. The monoisotopic (exact) mass is 251 g/mol. The summed E-state index contributed by atoms with van der Waals surface area (Å²) in [4.78, 5) is 11.4. The van der Waals surface area contributed by atoms with Gasteiger partial charge in [0.1, 0.15) is 5.75 Å². The largest absolute Gasteiger partial charge is 0.484 e. The van der Waals surface area contributed by atoms with Crippen LogP contribution in [0.25, 0.3) is 0 Å². The number of ether oxygens (including phenoxy) is 1. The van der Waals surface area contributed by atoms with Crippen LogP contribution in [0.15, 0.2) is 18.2 Å². The van der Waals surface area contributed by atoms with E-state index in [1.165, 1.54) is 0 Å². The lowest BCUT2D eigenvalue weighted by Crippen LogP contribution is -2.34. The van der Waals surface area contributed by atoms with Crippen molar-refractivity contribution >= 4 is 5.91 Å². The Hall–Kier alpha value is -1.55. The molecule has 1 amide bonds. The van der Waals surface area contributed by atoms with Crippen LogP contribution in [0, 0.1) is 6.92 Å². The fourth-order valence-electron chi connectivity index (χ4n) is 1.60. The van der Waals surface area contributed by atoms with Gasteiger partial charge in [-0.15, -0.1) is 0 Å². The summed E-state index contributed by atoms with van der Waals surface area (Å²) in [7, 11) is 0. The minimum absolute atomic E-state index is 0.00699. The number of aryl methyl sites for hydroxylation is 1. The lowest BCUT2D eigenvalue weighted by Gasteiger charge is -2.13. The van der Waals surface area contributed by atoms with E-state index in [9.17, 15) is 9.90 Å². The molecule has 4 nitrogen and oxygen atoms in total. The van der Waals surface area contributed by atoms with Gasteiger partial charge in [-0.25, -0.2) is 0 Å². The minimum Gasteiger partial charge on any atom is -0.484 e. The highest BCUT2D eigenvalue weighted by Crippen LogP contribution is 2.22. The molecule has 0 saturated heterocycles. The smallest absolute Gasteiger partial charge is 0.258 e. The molecule has 0 radical (unpaired) electrons. The van der Waals surface area contributed by atoms with Crippen LogP contribution < -0.4 is 10.1 Å². The van der Waals surface area contributed by atoms with E-state index in [1.54, 1.807) is 19.1 Å². The molecule has 0 aromatic heterocycles. The fraction of sp³-hybridized carbons (Fsp3) is 0.500. The predicted molar refractivity (Wildman–Crippen MR) is 70.6 cm³/mol. The summed E-state index contributed by atoms with van der Waals surface area (Å²) < 4.78 is 5.44. The van der Waals surface area contributed by atoms with Gasteiger partial charge in [0.2, 0.25) is 0 Å². The standard InChI is InChI=1S/C14H21NO3/c1-9(2)15-14(17)8-18-13-6-5-12(11(4)16)7-10(13)3/h5-7,9,11,16H,8H2,1-4H3,(H,15,17). The molecule has 0 aliphatic carbocycles. The third-order valence-electron chi connectivity index (χ3n) is 2.49.